The number of nitrogens with zero attached hydrogens (tertiary/aromatic N) is 4. The Bertz CT molecular complexity index is 1150. The lowest BCUT2D eigenvalue weighted by Gasteiger charge is -2.17. The minimum Gasteiger partial charge on any atom is -0.352 e. The molecular weight excluding hydrogens is 386 g/mol. The van der Waals surface area contributed by atoms with Crippen molar-refractivity contribution in [2.24, 2.45) is 0 Å². The van der Waals surface area contributed by atoms with Crippen LogP contribution >= 0.6 is 0 Å². The van der Waals surface area contributed by atoms with Crippen LogP contribution in [0.3, 0.4) is 0 Å². The SMILES string of the molecule is O=C1C(Nc2nc3ccccn3c(=O)c2[N+](=O)[O-])CCN1CCCc1ccccc1. The predicted octanol–water partition coefficient (Wildman–Crippen LogP) is 2.25. The highest BCUT2D eigenvalue weighted by Crippen LogP contribution is 2.23. The van der Waals surface area contributed by atoms with E-state index in [-0.39, 0.29) is 17.4 Å². The van der Waals surface area contributed by atoms with Gasteiger partial charge in [-0.1, -0.05) is 36.4 Å². The zero-order valence-electron chi connectivity index (χ0n) is 16.2. The Morgan fingerprint density at radius 2 is 1.90 bits per heavy atom. The van der Waals surface area contributed by atoms with Crippen LogP contribution in [-0.2, 0) is 11.2 Å². The first-order valence-corrected chi connectivity index (χ1v) is 9.79. The highest BCUT2D eigenvalue weighted by Gasteiger charge is 2.34. The van der Waals surface area contributed by atoms with Gasteiger partial charge in [-0.05, 0) is 37.0 Å². The Kier molecular flexibility index (Phi) is 5.42. The quantitative estimate of drug-likeness (QED) is 0.475. The summed E-state index contributed by atoms with van der Waals surface area (Å²) in [7, 11) is 0. The molecule has 0 saturated carbocycles. The van der Waals surface area contributed by atoms with Gasteiger partial charge in [-0.15, -0.1) is 0 Å². The van der Waals surface area contributed by atoms with Crippen LogP contribution in [0, 0.1) is 10.1 Å². The number of anilines is 1. The van der Waals surface area contributed by atoms with Crippen molar-refractivity contribution in [3.05, 3.63) is 80.8 Å². The molecule has 1 saturated heterocycles. The van der Waals surface area contributed by atoms with Crippen molar-refractivity contribution in [1.29, 1.82) is 0 Å². The number of carbonyl (C=O) groups excluding carboxylic acids is 1. The van der Waals surface area contributed by atoms with E-state index in [4.69, 9.17) is 0 Å². The fraction of sp³-hybridized carbons (Fsp3) is 0.286. The van der Waals surface area contributed by atoms with E-state index in [1.165, 1.54) is 11.8 Å². The number of carbonyl (C=O) groups is 1. The van der Waals surface area contributed by atoms with Crippen LogP contribution in [0.5, 0.6) is 0 Å². The number of rotatable bonds is 7. The largest absolute Gasteiger partial charge is 0.376 e. The lowest BCUT2D eigenvalue weighted by Crippen LogP contribution is -2.35. The first-order valence-electron chi connectivity index (χ1n) is 9.79. The second-order valence-corrected chi connectivity index (χ2v) is 7.20. The molecule has 0 bridgehead atoms. The van der Waals surface area contributed by atoms with Crippen molar-refractivity contribution in [3.63, 3.8) is 0 Å². The molecule has 2 aromatic heterocycles. The van der Waals surface area contributed by atoms with Crippen LogP contribution in [0.15, 0.2) is 59.5 Å². The first kappa shape index (κ1) is 19.6. The summed E-state index contributed by atoms with van der Waals surface area (Å²) in [5.74, 6) is -0.298. The summed E-state index contributed by atoms with van der Waals surface area (Å²) in [6, 6.07) is 14.3. The molecule has 3 heterocycles. The Hall–Kier alpha value is -3.75. The van der Waals surface area contributed by atoms with E-state index in [9.17, 15) is 19.7 Å². The molecule has 154 valence electrons. The van der Waals surface area contributed by atoms with Crippen molar-refractivity contribution in [2.45, 2.75) is 25.3 Å². The van der Waals surface area contributed by atoms with Gasteiger partial charge < -0.3 is 10.2 Å². The van der Waals surface area contributed by atoms with E-state index in [2.05, 4.69) is 22.4 Å². The molecule has 9 nitrogen and oxygen atoms in total. The van der Waals surface area contributed by atoms with Crippen LogP contribution in [0.4, 0.5) is 11.5 Å². The van der Waals surface area contributed by atoms with Crippen LogP contribution in [-0.4, -0.2) is 44.2 Å². The monoisotopic (exact) mass is 407 g/mol. The molecule has 1 aliphatic rings. The highest BCUT2D eigenvalue weighted by molar-refractivity contribution is 5.87. The van der Waals surface area contributed by atoms with Crippen molar-refractivity contribution >= 4 is 23.1 Å². The molecule has 30 heavy (non-hydrogen) atoms. The molecule has 1 amide bonds. The van der Waals surface area contributed by atoms with Gasteiger partial charge in [0.15, 0.2) is 0 Å². The number of amides is 1. The molecule has 0 radical (unpaired) electrons. The number of nitrogens with one attached hydrogen (secondary N) is 1. The van der Waals surface area contributed by atoms with Gasteiger partial charge in [0.25, 0.3) is 0 Å². The maximum absolute atomic E-state index is 12.8. The van der Waals surface area contributed by atoms with E-state index < -0.39 is 22.2 Å². The minimum absolute atomic E-state index is 0.132. The summed E-state index contributed by atoms with van der Waals surface area (Å²) in [5, 5.41) is 14.4. The number of pyridine rings is 1. The van der Waals surface area contributed by atoms with Crippen LogP contribution < -0.4 is 10.9 Å². The summed E-state index contributed by atoms with van der Waals surface area (Å²) < 4.78 is 1.12. The van der Waals surface area contributed by atoms with Crippen molar-refractivity contribution in [2.75, 3.05) is 18.4 Å². The fourth-order valence-electron chi connectivity index (χ4n) is 3.72. The van der Waals surface area contributed by atoms with Gasteiger partial charge in [-0.2, -0.15) is 0 Å². The number of hydrogen-bond donors (Lipinski definition) is 1. The lowest BCUT2D eigenvalue weighted by molar-refractivity contribution is -0.385. The van der Waals surface area contributed by atoms with E-state index in [0.29, 0.717) is 19.5 Å². The molecule has 1 N–H and O–H groups in total. The van der Waals surface area contributed by atoms with Gasteiger partial charge in [0.1, 0.15) is 11.7 Å². The average Bonchev–Trinajstić information content (AvgIpc) is 3.08. The Labute approximate surface area is 172 Å². The van der Waals surface area contributed by atoms with Crippen molar-refractivity contribution < 1.29 is 9.72 Å². The smallest absolute Gasteiger partial charge is 0.352 e. The topological polar surface area (TPSA) is 110 Å². The Morgan fingerprint density at radius 3 is 2.67 bits per heavy atom. The first-order chi connectivity index (χ1) is 14.5. The third-order valence-electron chi connectivity index (χ3n) is 5.24. The summed E-state index contributed by atoms with van der Waals surface area (Å²) in [4.78, 5) is 42.0. The van der Waals surface area contributed by atoms with Gasteiger partial charge in [-0.25, -0.2) is 4.98 Å². The molecule has 0 spiro atoms. The summed E-state index contributed by atoms with van der Waals surface area (Å²) in [6.45, 7) is 1.17. The molecule has 9 heteroatoms. The molecule has 1 fully saturated rings. The van der Waals surface area contributed by atoms with Crippen molar-refractivity contribution in [3.8, 4) is 0 Å². The zero-order valence-corrected chi connectivity index (χ0v) is 16.2. The molecule has 1 atom stereocenters. The van der Waals surface area contributed by atoms with E-state index in [1.54, 1.807) is 23.1 Å². The molecule has 1 unspecified atom stereocenters. The maximum Gasteiger partial charge on any atom is 0.376 e. The lowest BCUT2D eigenvalue weighted by atomic mass is 10.1. The number of aryl methyl sites for hydroxylation is 1. The number of fused-ring (bicyclic) bond motifs is 1. The van der Waals surface area contributed by atoms with E-state index >= 15 is 0 Å². The van der Waals surface area contributed by atoms with Crippen LogP contribution in [0.2, 0.25) is 0 Å². The third-order valence-corrected chi connectivity index (χ3v) is 5.24. The van der Waals surface area contributed by atoms with Gasteiger partial charge in [-0.3, -0.25) is 24.1 Å². The molecule has 0 aliphatic carbocycles. The molecule has 1 aromatic carbocycles. The Morgan fingerprint density at radius 1 is 1.13 bits per heavy atom. The third kappa shape index (κ3) is 3.86. The second kappa shape index (κ2) is 8.32. The summed E-state index contributed by atoms with van der Waals surface area (Å²) in [5.41, 5.74) is 0.0586. The van der Waals surface area contributed by atoms with Gasteiger partial charge in [0, 0.05) is 19.3 Å². The van der Waals surface area contributed by atoms with Gasteiger partial charge >= 0.3 is 11.2 Å². The maximum atomic E-state index is 12.8. The molecule has 3 aromatic rings. The number of nitro groups is 1. The standard InChI is InChI=1S/C21H21N5O4/c27-20-16(11-14-24(20)12-6-9-15-7-2-1-3-8-15)22-19-18(26(29)30)21(28)25-13-5-4-10-17(25)23-19/h1-5,7-8,10,13,16,22H,6,9,11-12,14H2. The van der Waals surface area contributed by atoms with E-state index in [0.717, 1.165) is 17.2 Å². The number of benzene rings is 1. The molecule has 4 rings (SSSR count). The number of aromatic nitrogens is 2. The van der Waals surface area contributed by atoms with Crippen LogP contribution in [0.25, 0.3) is 5.65 Å². The summed E-state index contributed by atoms with van der Waals surface area (Å²) in [6.07, 6.45) is 3.63. The predicted molar refractivity (Wildman–Crippen MR) is 111 cm³/mol. The van der Waals surface area contributed by atoms with Crippen molar-refractivity contribution in [1.82, 2.24) is 14.3 Å². The highest BCUT2D eigenvalue weighted by atomic mass is 16.6. The number of likely N-dealkylation sites (tertiary alicyclic amines) is 1. The average molecular weight is 407 g/mol. The van der Waals surface area contributed by atoms with Gasteiger partial charge in [0.2, 0.25) is 11.7 Å². The molecule has 1 aliphatic heterocycles. The van der Waals surface area contributed by atoms with Crippen LogP contribution in [0.1, 0.15) is 18.4 Å². The van der Waals surface area contributed by atoms with E-state index in [1.807, 2.05) is 18.2 Å². The normalized spacial score (nSPS) is 16.2. The second-order valence-electron chi connectivity index (χ2n) is 7.20. The summed E-state index contributed by atoms with van der Waals surface area (Å²) >= 11 is 0. The minimum atomic E-state index is -0.779. The number of hydrogen-bond acceptors (Lipinski definition) is 6. The molecular formula is C21H21N5O4. The Balaban J connectivity index is 1.47. The zero-order chi connectivity index (χ0) is 21.1. The van der Waals surface area contributed by atoms with Gasteiger partial charge in [0.05, 0.1) is 4.92 Å². The fourth-order valence-corrected chi connectivity index (χ4v) is 3.72.